The Kier molecular flexibility index (Phi) is 3.25. The van der Waals surface area contributed by atoms with Crippen molar-refractivity contribution in [3.8, 4) is 0 Å². The smallest absolute Gasteiger partial charge is 0.238 e. The van der Waals surface area contributed by atoms with Gasteiger partial charge in [0.2, 0.25) is 10.0 Å². The maximum Gasteiger partial charge on any atom is 0.238 e. The van der Waals surface area contributed by atoms with Crippen molar-refractivity contribution in [3.63, 3.8) is 0 Å². The van der Waals surface area contributed by atoms with Crippen molar-refractivity contribution >= 4 is 10.0 Å². The van der Waals surface area contributed by atoms with Gasteiger partial charge in [-0.05, 0) is 37.0 Å². The summed E-state index contributed by atoms with van der Waals surface area (Å²) in [5.74, 6) is 0.751. The van der Waals surface area contributed by atoms with Crippen molar-refractivity contribution in [2.75, 3.05) is 0 Å². The second kappa shape index (κ2) is 4.40. The Morgan fingerprint density at radius 3 is 2.29 bits per heavy atom. The lowest BCUT2D eigenvalue weighted by molar-refractivity contribution is 0.551. The van der Waals surface area contributed by atoms with E-state index in [9.17, 15) is 8.42 Å². The molecule has 1 saturated carbocycles. The summed E-state index contributed by atoms with van der Waals surface area (Å²) in [6.07, 6.45) is 1.22. The molecule has 1 fully saturated rings. The van der Waals surface area contributed by atoms with E-state index in [1.165, 1.54) is 6.42 Å². The van der Waals surface area contributed by atoms with Crippen LogP contribution in [0.4, 0.5) is 0 Å². The third kappa shape index (κ3) is 3.06. The predicted molar refractivity (Wildman–Crippen MR) is 66.9 cm³/mol. The molecule has 1 aromatic carbocycles. The Morgan fingerprint density at radius 2 is 1.88 bits per heavy atom. The minimum absolute atomic E-state index is 0.160. The minimum atomic E-state index is -3.59. The summed E-state index contributed by atoms with van der Waals surface area (Å²) in [5, 5.41) is 8.55. The van der Waals surface area contributed by atoms with Crippen LogP contribution in [0.1, 0.15) is 31.9 Å². The normalized spacial score (nSPS) is 25.6. The summed E-state index contributed by atoms with van der Waals surface area (Å²) >= 11 is 0. The molecule has 0 bridgehead atoms. The lowest BCUT2D eigenvalue weighted by atomic mass is 10.1. The average Bonchev–Trinajstić information content (AvgIpc) is 2.93. The third-order valence-electron chi connectivity index (χ3n) is 3.28. The van der Waals surface area contributed by atoms with Crippen molar-refractivity contribution in [3.05, 3.63) is 29.8 Å². The fourth-order valence-corrected chi connectivity index (χ4v) is 2.43. The molecule has 3 unspecified atom stereocenters. The molecule has 3 N–H and O–H groups in total. The molecule has 0 saturated heterocycles. The van der Waals surface area contributed by atoms with Crippen LogP contribution in [0.25, 0.3) is 0 Å². The average molecular weight is 254 g/mol. The molecule has 2 rings (SSSR count). The van der Waals surface area contributed by atoms with Gasteiger partial charge in [-0.2, -0.15) is 0 Å². The zero-order valence-corrected chi connectivity index (χ0v) is 10.9. The van der Waals surface area contributed by atoms with Gasteiger partial charge in [0.15, 0.2) is 0 Å². The van der Waals surface area contributed by atoms with Crippen molar-refractivity contribution in [1.29, 1.82) is 0 Å². The molecule has 94 valence electrons. The number of primary sulfonamides is 1. The lowest BCUT2D eigenvalue weighted by Gasteiger charge is -2.14. The highest BCUT2D eigenvalue weighted by atomic mass is 32.2. The molecular weight excluding hydrogens is 236 g/mol. The van der Waals surface area contributed by atoms with Crippen LogP contribution in [0, 0.1) is 5.92 Å². The summed E-state index contributed by atoms with van der Waals surface area (Å²) in [5.41, 5.74) is 1.08. The van der Waals surface area contributed by atoms with Gasteiger partial charge in [-0.3, -0.25) is 0 Å². The van der Waals surface area contributed by atoms with E-state index in [-0.39, 0.29) is 10.9 Å². The van der Waals surface area contributed by atoms with Crippen LogP contribution >= 0.6 is 0 Å². The molecular formula is C12H18N2O2S. The van der Waals surface area contributed by atoms with E-state index >= 15 is 0 Å². The van der Waals surface area contributed by atoms with E-state index in [1.54, 1.807) is 12.1 Å². The molecule has 5 heteroatoms. The molecule has 0 aliphatic heterocycles. The molecule has 0 heterocycles. The van der Waals surface area contributed by atoms with Crippen molar-refractivity contribution in [1.82, 2.24) is 5.32 Å². The van der Waals surface area contributed by atoms with Crippen LogP contribution in [0.2, 0.25) is 0 Å². The Bertz CT molecular complexity index is 496. The Balaban J connectivity index is 2.07. The predicted octanol–water partition coefficient (Wildman–Crippen LogP) is 1.39. The first-order valence-corrected chi connectivity index (χ1v) is 7.31. The SMILES string of the molecule is CC(NC1CC1C)c1ccc(S(N)(=O)=O)cc1. The number of hydrogen-bond donors (Lipinski definition) is 2. The van der Waals surface area contributed by atoms with Crippen LogP contribution in [-0.2, 0) is 10.0 Å². The van der Waals surface area contributed by atoms with Crippen LogP contribution in [-0.4, -0.2) is 14.5 Å². The van der Waals surface area contributed by atoms with Gasteiger partial charge in [0.05, 0.1) is 4.90 Å². The summed E-state index contributed by atoms with van der Waals surface area (Å²) in [7, 11) is -3.59. The first kappa shape index (κ1) is 12.5. The fraction of sp³-hybridized carbons (Fsp3) is 0.500. The Hall–Kier alpha value is -0.910. The van der Waals surface area contributed by atoms with Crippen LogP contribution in [0.3, 0.4) is 0 Å². The first-order valence-electron chi connectivity index (χ1n) is 5.77. The molecule has 17 heavy (non-hydrogen) atoms. The highest BCUT2D eigenvalue weighted by Crippen LogP contribution is 2.31. The summed E-state index contributed by atoms with van der Waals surface area (Å²) < 4.78 is 22.2. The molecule has 0 radical (unpaired) electrons. The van der Waals surface area contributed by atoms with Gasteiger partial charge < -0.3 is 5.32 Å². The minimum Gasteiger partial charge on any atom is -0.307 e. The van der Waals surface area contributed by atoms with E-state index < -0.39 is 10.0 Å². The molecule has 1 aliphatic carbocycles. The molecule has 1 aliphatic rings. The maximum atomic E-state index is 11.1. The third-order valence-corrected chi connectivity index (χ3v) is 4.21. The zero-order chi connectivity index (χ0) is 12.6. The summed E-state index contributed by atoms with van der Waals surface area (Å²) in [4.78, 5) is 0.160. The molecule has 1 aromatic rings. The van der Waals surface area contributed by atoms with Gasteiger partial charge in [-0.15, -0.1) is 0 Å². The Labute approximate surface area is 102 Å². The largest absolute Gasteiger partial charge is 0.307 e. The zero-order valence-electron chi connectivity index (χ0n) is 10.1. The van der Waals surface area contributed by atoms with Crippen LogP contribution in [0.5, 0.6) is 0 Å². The van der Waals surface area contributed by atoms with E-state index in [1.807, 2.05) is 12.1 Å². The second-order valence-electron chi connectivity index (χ2n) is 4.82. The summed E-state index contributed by atoms with van der Waals surface area (Å²) in [6, 6.07) is 7.56. The number of hydrogen-bond acceptors (Lipinski definition) is 3. The maximum absolute atomic E-state index is 11.1. The van der Waals surface area contributed by atoms with E-state index in [0.717, 1.165) is 11.5 Å². The summed E-state index contributed by atoms with van der Waals surface area (Å²) in [6.45, 7) is 4.30. The molecule has 0 amide bonds. The molecule has 0 spiro atoms. The van der Waals surface area contributed by atoms with Crippen molar-refractivity contribution < 1.29 is 8.42 Å². The van der Waals surface area contributed by atoms with Gasteiger partial charge in [0.1, 0.15) is 0 Å². The molecule has 4 nitrogen and oxygen atoms in total. The van der Waals surface area contributed by atoms with Gasteiger partial charge in [0.25, 0.3) is 0 Å². The number of rotatable bonds is 4. The van der Waals surface area contributed by atoms with E-state index in [2.05, 4.69) is 19.2 Å². The van der Waals surface area contributed by atoms with Crippen LogP contribution < -0.4 is 10.5 Å². The standard InChI is InChI=1S/C12H18N2O2S/c1-8-7-12(8)14-9(2)10-3-5-11(6-4-10)17(13,15)16/h3-6,8-9,12,14H,7H2,1-2H3,(H2,13,15,16). The van der Waals surface area contributed by atoms with E-state index in [4.69, 9.17) is 5.14 Å². The Morgan fingerprint density at radius 1 is 1.35 bits per heavy atom. The highest BCUT2D eigenvalue weighted by molar-refractivity contribution is 7.89. The number of nitrogens with one attached hydrogen (secondary N) is 1. The monoisotopic (exact) mass is 254 g/mol. The quantitative estimate of drug-likeness (QED) is 0.853. The number of benzene rings is 1. The van der Waals surface area contributed by atoms with Crippen LogP contribution in [0.15, 0.2) is 29.2 Å². The van der Waals surface area contributed by atoms with Gasteiger partial charge >= 0.3 is 0 Å². The fourth-order valence-electron chi connectivity index (χ4n) is 1.92. The first-order chi connectivity index (χ1) is 7.88. The van der Waals surface area contributed by atoms with Gasteiger partial charge in [-0.1, -0.05) is 19.1 Å². The topological polar surface area (TPSA) is 72.2 Å². The molecule has 3 atom stereocenters. The number of sulfonamides is 1. The van der Waals surface area contributed by atoms with E-state index in [0.29, 0.717) is 6.04 Å². The second-order valence-corrected chi connectivity index (χ2v) is 6.38. The van der Waals surface area contributed by atoms with Crippen molar-refractivity contribution in [2.45, 2.75) is 37.2 Å². The van der Waals surface area contributed by atoms with Gasteiger partial charge in [0, 0.05) is 12.1 Å². The molecule has 0 aromatic heterocycles. The van der Waals surface area contributed by atoms with Gasteiger partial charge in [-0.25, -0.2) is 13.6 Å². The van der Waals surface area contributed by atoms with Crippen molar-refractivity contribution in [2.24, 2.45) is 11.1 Å². The lowest BCUT2D eigenvalue weighted by Crippen LogP contribution is -2.22. The highest BCUT2D eigenvalue weighted by Gasteiger charge is 2.33. The number of nitrogens with two attached hydrogens (primary N) is 1.